The summed E-state index contributed by atoms with van der Waals surface area (Å²) >= 11 is 0. The van der Waals surface area contributed by atoms with Crippen LogP contribution in [-0.2, 0) is 11.4 Å². The van der Waals surface area contributed by atoms with Crippen LogP contribution in [0, 0.1) is 6.92 Å². The van der Waals surface area contributed by atoms with Gasteiger partial charge in [-0.05, 0) is 64.7 Å². The number of hydrogen-bond acceptors (Lipinski definition) is 5. The summed E-state index contributed by atoms with van der Waals surface area (Å²) in [5, 5.41) is 6.18. The van der Waals surface area contributed by atoms with E-state index in [0.29, 0.717) is 23.9 Å². The third-order valence-corrected chi connectivity index (χ3v) is 5.33. The Labute approximate surface area is 198 Å². The lowest BCUT2D eigenvalue weighted by molar-refractivity contribution is -0.123. The van der Waals surface area contributed by atoms with Gasteiger partial charge in [-0.1, -0.05) is 54.6 Å². The SMILES string of the molecule is COc1cc(/C=N/NC(=O)COc2ccc3ccccc3c2)ccc1OCc1ccccc1C. The zero-order valence-corrected chi connectivity index (χ0v) is 19.2. The van der Waals surface area contributed by atoms with E-state index >= 15 is 0 Å². The number of fused-ring (bicyclic) bond motifs is 1. The second-order valence-corrected chi connectivity index (χ2v) is 7.72. The molecule has 0 spiro atoms. The van der Waals surface area contributed by atoms with Crippen molar-refractivity contribution in [3.63, 3.8) is 0 Å². The van der Waals surface area contributed by atoms with Gasteiger partial charge in [0.15, 0.2) is 18.1 Å². The zero-order chi connectivity index (χ0) is 23.8. The lowest BCUT2D eigenvalue weighted by Crippen LogP contribution is -2.24. The number of ether oxygens (including phenoxy) is 3. The van der Waals surface area contributed by atoms with Gasteiger partial charge in [-0.2, -0.15) is 5.10 Å². The molecule has 0 saturated heterocycles. The highest BCUT2D eigenvalue weighted by molar-refractivity contribution is 5.85. The highest BCUT2D eigenvalue weighted by atomic mass is 16.5. The molecule has 0 fully saturated rings. The van der Waals surface area contributed by atoms with Crippen molar-refractivity contribution >= 4 is 22.9 Å². The summed E-state index contributed by atoms with van der Waals surface area (Å²) in [5.74, 6) is 1.50. The maximum Gasteiger partial charge on any atom is 0.277 e. The molecular weight excluding hydrogens is 428 g/mol. The number of benzene rings is 4. The summed E-state index contributed by atoms with van der Waals surface area (Å²) in [6, 6.07) is 27.2. The number of rotatable bonds is 9. The van der Waals surface area contributed by atoms with Gasteiger partial charge in [0.05, 0.1) is 13.3 Å². The summed E-state index contributed by atoms with van der Waals surface area (Å²) in [7, 11) is 1.59. The second kappa shape index (κ2) is 11.0. The van der Waals surface area contributed by atoms with E-state index in [4.69, 9.17) is 14.2 Å². The third kappa shape index (κ3) is 5.92. The maximum absolute atomic E-state index is 12.1. The molecule has 0 saturated carbocycles. The molecule has 0 aromatic heterocycles. The zero-order valence-electron chi connectivity index (χ0n) is 19.2. The van der Waals surface area contributed by atoms with Gasteiger partial charge >= 0.3 is 0 Å². The Morgan fingerprint density at radius 3 is 2.50 bits per heavy atom. The molecule has 1 amide bonds. The summed E-state index contributed by atoms with van der Waals surface area (Å²) in [6.07, 6.45) is 1.54. The summed E-state index contributed by atoms with van der Waals surface area (Å²) in [4.78, 5) is 12.1. The smallest absolute Gasteiger partial charge is 0.277 e. The van der Waals surface area contributed by atoms with Crippen LogP contribution in [0.2, 0.25) is 0 Å². The number of aryl methyl sites for hydroxylation is 1. The molecule has 0 radical (unpaired) electrons. The molecule has 4 aromatic carbocycles. The van der Waals surface area contributed by atoms with Crippen molar-refractivity contribution in [2.24, 2.45) is 5.10 Å². The fraction of sp³-hybridized carbons (Fsp3) is 0.143. The molecule has 4 aromatic rings. The number of hydrogen-bond donors (Lipinski definition) is 1. The first-order valence-electron chi connectivity index (χ1n) is 10.9. The van der Waals surface area contributed by atoms with Crippen LogP contribution in [-0.4, -0.2) is 25.8 Å². The molecule has 0 aliphatic carbocycles. The van der Waals surface area contributed by atoms with Crippen LogP contribution in [0.3, 0.4) is 0 Å². The van der Waals surface area contributed by atoms with Crippen molar-refractivity contribution in [1.82, 2.24) is 5.43 Å². The second-order valence-electron chi connectivity index (χ2n) is 7.72. The van der Waals surface area contributed by atoms with E-state index in [1.807, 2.05) is 72.8 Å². The maximum atomic E-state index is 12.1. The highest BCUT2D eigenvalue weighted by Crippen LogP contribution is 2.28. The van der Waals surface area contributed by atoms with E-state index in [0.717, 1.165) is 21.9 Å². The minimum absolute atomic E-state index is 0.134. The molecule has 1 N–H and O–H groups in total. The minimum Gasteiger partial charge on any atom is -0.493 e. The quantitative estimate of drug-likeness (QED) is 0.277. The van der Waals surface area contributed by atoms with E-state index in [-0.39, 0.29) is 12.5 Å². The number of carbonyl (C=O) groups is 1. The summed E-state index contributed by atoms with van der Waals surface area (Å²) in [5.41, 5.74) is 5.52. The van der Waals surface area contributed by atoms with E-state index in [2.05, 4.69) is 23.5 Å². The van der Waals surface area contributed by atoms with E-state index in [1.54, 1.807) is 19.4 Å². The number of nitrogens with one attached hydrogen (secondary N) is 1. The van der Waals surface area contributed by atoms with Crippen molar-refractivity contribution < 1.29 is 19.0 Å². The van der Waals surface area contributed by atoms with Gasteiger partial charge in [0.2, 0.25) is 0 Å². The molecule has 0 bridgehead atoms. The lowest BCUT2D eigenvalue weighted by atomic mass is 10.1. The first kappa shape index (κ1) is 22.9. The van der Waals surface area contributed by atoms with Crippen LogP contribution in [0.25, 0.3) is 10.8 Å². The molecule has 0 heterocycles. The Hall–Kier alpha value is -4.32. The predicted octanol–water partition coefficient (Wildman–Crippen LogP) is 5.26. The van der Waals surface area contributed by atoms with Gasteiger partial charge in [-0.3, -0.25) is 4.79 Å². The molecule has 4 rings (SSSR count). The molecule has 6 heteroatoms. The van der Waals surface area contributed by atoms with E-state index in [1.165, 1.54) is 5.56 Å². The Morgan fingerprint density at radius 2 is 1.68 bits per heavy atom. The summed E-state index contributed by atoms with van der Waals surface area (Å²) < 4.78 is 17.0. The van der Waals surface area contributed by atoms with E-state index in [9.17, 15) is 4.79 Å². The van der Waals surface area contributed by atoms with Crippen LogP contribution in [0.4, 0.5) is 0 Å². The summed E-state index contributed by atoms with van der Waals surface area (Å²) in [6.45, 7) is 2.37. The van der Waals surface area contributed by atoms with Crippen molar-refractivity contribution in [3.05, 3.63) is 102 Å². The Morgan fingerprint density at radius 1 is 0.882 bits per heavy atom. The topological polar surface area (TPSA) is 69.2 Å². The van der Waals surface area contributed by atoms with Gasteiger partial charge in [-0.15, -0.1) is 0 Å². The molecule has 0 aliphatic heterocycles. The fourth-order valence-electron chi connectivity index (χ4n) is 3.43. The number of amides is 1. The van der Waals surface area contributed by atoms with Crippen LogP contribution in [0.1, 0.15) is 16.7 Å². The van der Waals surface area contributed by atoms with Crippen molar-refractivity contribution in [2.45, 2.75) is 13.5 Å². The minimum atomic E-state index is -0.352. The Balaban J connectivity index is 1.30. The average Bonchev–Trinajstić information content (AvgIpc) is 2.87. The van der Waals surface area contributed by atoms with Crippen LogP contribution in [0.15, 0.2) is 90.0 Å². The number of hydrazone groups is 1. The molecule has 0 unspecified atom stereocenters. The highest BCUT2D eigenvalue weighted by Gasteiger charge is 2.07. The predicted molar refractivity (Wildman–Crippen MR) is 134 cm³/mol. The number of carbonyl (C=O) groups excluding carboxylic acids is 1. The standard InChI is InChI=1S/C28H26N2O4/c1-20-7-3-4-10-24(20)18-34-26-14-11-21(15-27(26)32-2)17-29-30-28(31)19-33-25-13-12-22-8-5-6-9-23(22)16-25/h3-17H,18-19H2,1-2H3,(H,30,31)/b29-17+. The van der Waals surface area contributed by atoms with Crippen LogP contribution >= 0.6 is 0 Å². The first-order valence-corrected chi connectivity index (χ1v) is 10.9. The molecule has 172 valence electrons. The Kier molecular flexibility index (Phi) is 7.40. The van der Waals surface area contributed by atoms with E-state index < -0.39 is 0 Å². The van der Waals surface area contributed by atoms with Crippen molar-refractivity contribution in [2.75, 3.05) is 13.7 Å². The third-order valence-electron chi connectivity index (χ3n) is 5.33. The average molecular weight is 455 g/mol. The van der Waals surface area contributed by atoms with Gasteiger partial charge < -0.3 is 14.2 Å². The fourth-order valence-corrected chi connectivity index (χ4v) is 3.43. The molecule has 34 heavy (non-hydrogen) atoms. The van der Waals surface area contributed by atoms with Crippen molar-refractivity contribution in [1.29, 1.82) is 0 Å². The van der Waals surface area contributed by atoms with Crippen molar-refractivity contribution in [3.8, 4) is 17.2 Å². The van der Waals surface area contributed by atoms with Crippen LogP contribution in [0.5, 0.6) is 17.2 Å². The monoisotopic (exact) mass is 454 g/mol. The van der Waals surface area contributed by atoms with Gasteiger partial charge in [-0.25, -0.2) is 5.43 Å². The van der Waals surface area contributed by atoms with Gasteiger partial charge in [0.1, 0.15) is 12.4 Å². The van der Waals surface area contributed by atoms with Gasteiger partial charge in [0.25, 0.3) is 5.91 Å². The molecule has 0 aliphatic rings. The molecule has 0 atom stereocenters. The number of nitrogens with zero attached hydrogens (tertiary/aromatic N) is 1. The molecular formula is C28H26N2O4. The largest absolute Gasteiger partial charge is 0.493 e. The normalized spacial score (nSPS) is 10.9. The lowest BCUT2D eigenvalue weighted by Gasteiger charge is -2.12. The molecule has 6 nitrogen and oxygen atoms in total. The van der Waals surface area contributed by atoms with Gasteiger partial charge in [0, 0.05) is 0 Å². The number of methoxy groups -OCH3 is 1. The first-order chi connectivity index (χ1) is 16.6. The Bertz CT molecular complexity index is 1320. The van der Waals surface area contributed by atoms with Crippen LogP contribution < -0.4 is 19.6 Å².